The zero-order valence-electron chi connectivity index (χ0n) is 3.40. The number of rotatable bonds is 2. The molecule has 2 nitrogen and oxygen atoms in total. The molecule has 0 fully saturated rings. The second-order valence-corrected chi connectivity index (χ2v) is 12.3. The molecule has 0 aromatic carbocycles. The third kappa shape index (κ3) is 4.22. The van der Waals surface area contributed by atoms with Crippen LogP contribution in [0, 0.1) is 0 Å². The SMILES string of the molecule is [B]P(O)P(P)P[O-]. The quantitative estimate of drug-likeness (QED) is 0.485. The molecule has 2 radical (unpaired) electrons. The van der Waals surface area contributed by atoms with Crippen molar-refractivity contribution in [2.24, 2.45) is 0 Å². The van der Waals surface area contributed by atoms with Crippen LogP contribution in [0.25, 0.3) is 0 Å². The van der Waals surface area contributed by atoms with E-state index >= 15 is 0 Å². The summed E-state index contributed by atoms with van der Waals surface area (Å²) in [5.41, 5.74) is 0. The van der Waals surface area contributed by atoms with Crippen LogP contribution in [-0.2, 0) is 0 Å². The molecule has 7 heteroatoms. The Kier molecular flexibility index (Phi) is 5.68. The van der Waals surface area contributed by atoms with Crippen LogP contribution >= 0.6 is 32.1 Å². The van der Waals surface area contributed by atoms with Gasteiger partial charge < -0.3 is 9.79 Å². The zero-order valence-corrected chi connectivity index (χ0v) is 7.35. The summed E-state index contributed by atoms with van der Waals surface area (Å²) in [6.07, 6.45) is 0. The van der Waals surface area contributed by atoms with E-state index in [1.807, 2.05) is 0 Å². The van der Waals surface area contributed by atoms with Gasteiger partial charge >= 0.3 is 0 Å². The first-order valence-corrected chi connectivity index (χ1v) is 8.12. The molecule has 0 aliphatic rings. The third-order valence-electron chi connectivity index (χ3n) is 0.314. The second kappa shape index (κ2) is 4.57. The van der Waals surface area contributed by atoms with E-state index in [9.17, 15) is 4.89 Å². The van der Waals surface area contributed by atoms with Gasteiger partial charge in [0, 0.05) is 0 Å². The molecule has 0 aliphatic heterocycles. The lowest BCUT2D eigenvalue weighted by Gasteiger charge is -2.17. The van der Waals surface area contributed by atoms with E-state index in [4.69, 9.17) is 12.5 Å². The Morgan fingerprint density at radius 3 is 2.29 bits per heavy atom. The van der Waals surface area contributed by atoms with E-state index in [0.29, 0.717) is 0 Å². The molecule has 0 saturated carbocycles. The van der Waals surface area contributed by atoms with Gasteiger partial charge in [-0.25, -0.2) is 0 Å². The van der Waals surface area contributed by atoms with Crippen LogP contribution in [0.4, 0.5) is 0 Å². The maximum absolute atomic E-state index is 9.88. The van der Waals surface area contributed by atoms with Gasteiger partial charge in [-0.2, -0.15) is 8.50 Å². The molecule has 0 aliphatic carbocycles. The highest BCUT2D eigenvalue weighted by Gasteiger charge is 1.98. The Balaban J connectivity index is 3.14. The second-order valence-electron chi connectivity index (χ2n) is 0.756. The summed E-state index contributed by atoms with van der Waals surface area (Å²) in [5.74, 6) is 0. The lowest BCUT2D eigenvalue weighted by atomic mass is 10.8. The van der Waals surface area contributed by atoms with Crippen LogP contribution in [0.15, 0.2) is 0 Å². The highest BCUT2D eigenvalue weighted by atomic mass is 32.7. The fourth-order valence-corrected chi connectivity index (χ4v) is 1.13. The Labute approximate surface area is 50.2 Å². The molecule has 0 saturated heterocycles. The summed E-state index contributed by atoms with van der Waals surface area (Å²) in [6.45, 7) is -0.850. The molecule has 0 aromatic heterocycles. The molecule has 0 amide bonds. The molecule has 1 N–H and O–H groups in total. The van der Waals surface area contributed by atoms with Crippen LogP contribution in [0.1, 0.15) is 0 Å². The van der Waals surface area contributed by atoms with Gasteiger partial charge in [-0.3, -0.25) is 0 Å². The van der Waals surface area contributed by atoms with Crippen molar-refractivity contribution >= 4 is 39.7 Å². The minimum atomic E-state index is -1.43. The first-order chi connectivity index (χ1) is 3.18. The Hall–Kier alpha value is 1.70. The smallest absolute Gasteiger partial charge is 0.155 e. The average Bonchev–Trinajstić information content (AvgIpc) is 1.65. The fraction of sp³-hybridized carbons (Fsp3) is 0. The highest BCUT2D eigenvalue weighted by Crippen LogP contribution is 2.78. The summed E-state index contributed by atoms with van der Waals surface area (Å²) in [5, 5.41) is 0. The van der Waals surface area contributed by atoms with Crippen molar-refractivity contribution in [3.05, 3.63) is 0 Å². The minimum absolute atomic E-state index is 0.457. The summed E-state index contributed by atoms with van der Waals surface area (Å²) in [7, 11) is 5.36. The Morgan fingerprint density at radius 2 is 2.29 bits per heavy atom. The fourth-order valence-electron chi connectivity index (χ4n) is 0.0418. The molecule has 40 valence electrons. The van der Waals surface area contributed by atoms with Crippen LogP contribution in [-0.4, -0.2) is 12.5 Å². The molecule has 0 aromatic rings. The topological polar surface area (TPSA) is 43.3 Å². The normalized spacial score (nSPS) is 20.4. The largest absolute Gasteiger partial charge is 0.828 e. The van der Waals surface area contributed by atoms with Crippen LogP contribution in [0.5, 0.6) is 0 Å². The summed E-state index contributed by atoms with van der Waals surface area (Å²) >= 11 is 0. The standard InChI is InChI=1S/BH4O2P4/c1-6(3)7(4)5-2/h3,5H,4H2/q-1. The molecule has 0 heterocycles. The van der Waals surface area contributed by atoms with E-state index in [1.54, 1.807) is 0 Å². The van der Waals surface area contributed by atoms with Gasteiger partial charge in [-0.05, 0) is 14.7 Å². The van der Waals surface area contributed by atoms with E-state index < -0.39 is 23.2 Å². The number of hydrogen-bond acceptors (Lipinski definition) is 2. The van der Waals surface area contributed by atoms with Crippen molar-refractivity contribution in [3.63, 3.8) is 0 Å². The molecule has 4 unspecified atom stereocenters. The van der Waals surface area contributed by atoms with E-state index in [-0.39, 0.29) is 0 Å². The minimum Gasteiger partial charge on any atom is -0.828 e. The average molecular weight is 171 g/mol. The Morgan fingerprint density at radius 1 is 1.86 bits per heavy atom. The van der Waals surface area contributed by atoms with Crippen molar-refractivity contribution in [1.82, 2.24) is 0 Å². The van der Waals surface area contributed by atoms with Crippen molar-refractivity contribution in [1.29, 1.82) is 0 Å². The summed E-state index contributed by atoms with van der Waals surface area (Å²) < 4.78 is 0. The summed E-state index contributed by atoms with van der Waals surface area (Å²) in [6, 6.07) is 0. The molecule has 7 heavy (non-hydrogen) atoms. The van der Waals surface area contributed by atoms with Gasteiger partial charge in [0.05, 0.1) is 0 Å². The first-order valence-electron chi connectivity index (χ1n) is 1.34. The highest BCUT2D eigenvalue weighted by molar-refractivity contribution is 8.76. The maximum Gasteiger partial charge on any atom is 0.155 e. The van der Waals surface area contributed by atoms with Crippen molar-refractivity contribution in [2.75, 3.05) is 0 Å². The lowest BCUT2D eigenvalue weighted by molar-refractivity contribution is -0.145. The predicted molar refractivity (Wildman–Crippen MR) is 39.8 cm³/mol. The van der Waals surface area contributed by atoms with E-state index in [0.717, 1.165) is 0 Å². The molecule has 0 spiro atoms. The van der Waals surface area contributed by atoms with Gasteiger partial charge in [-0.15, -0.1) is 8.93 Å². The zero-order chi connectivity index (χ0) is 5.86. The maximum atomic E-state index is 9.88. The van der Waals surface area contributed by atoms with Crippen LogP contribution in [0.2, 0.25) is 0 Å². The van der Waals surface area contributed by atoms with Gasteiger partial charge in [0.25, 0.3) is 0 Å². The van der Waals surface area contributed by atoms with Gasteiger partial charge in [-0.1, -0.05) is 0 Å². The van der Waals surface area contributed by atoms with Crippen molar-refractivity contribution in [2.45, 2.75) is 0 Å². The molecular weight excluding hydrogens is 167 g/mol. The van der Waals surface area contributed by atoms with E-state index in [2.05, 4.69) is 8.93 Å². The number of hydrogen-bond donors (Lipinski definition) is 1. The van der Waals surface area contributed by atoms with Crippen molar-refractivity contribution < 1.29 is 9.79 Å². The third-order valence-corrected chi connectivity index (χ3v) is 8.49. The predicted octanol–water partition coefficient (Wildman–Crippen LogP) is 0.515. The van der Waals surface area contributed by atoms with Gasteiger partial charge in [0.2, 0.25) is 0 Å². The van der Waals surface area contributed by atoms with Crippen LogP contribution in [0.3, 0.4) is 0 Å². The van der Waals surface area contributed by atoms with Crippen molar-refractivity contribution in [3.8, 4) is 0 Å². The summed E-state index contributed by atoms with van der Waals surface area (Å²) in [4.78, 5) is 18.4. The van der Waals surface area contributed by atoms with Gasteiger partial charge in [0.15, 0.2) is 7.57 Å². The first kappa shape index (κ1) is 8.70. The molecule has 0 rings (SSSR count). The molecule has 4 atom stereocenters. The van der Waals surface area contributed by atoms with Gasteiger partial charge in [0.1, 0.15) is 0 Å². The lowest BCUT2D eigenvalue weighted by Crippen LogP contribution is -1.73. The monoisotopic (exact) mass is 171 g/mol. The molecular formula is H4BO2P4-. The van der Waals surface area contributed by atoms with Crippen LogP contribution < -0.4 is 4.89 Å². The van der Waals surface area contributed by atoms with E-state index in [1.165, 1.54) is 0 Å². The molecule has 0 bridgehead atoms. The Bertz CT molecular complexity index is 47.0.